The Morgan fingerprint density at radius 2 is 2.00 bits per heavy atom. The number of hydrogen-bond acceptors (Lipinski definition) is 3. The van der Waals surface area contributed by atoms with Gasteiger partial charge in [0.1, 0.15) is 0 Å². The first-order chi connectivity index (χ1) is 4.86. The fraction of sp³-hybridized carbons (Fsp3) is 1.00. The van der Waals surface area contributed by atoms with Crippen molar-refractivity contribution in [1.82, 2.24) is 0 Å². The van der Waals surface area contributed by atoms with Gasteiger partial charge in [0.2, 0.25) is 0 Å². The molecular formula is C7H12O3. The van der Waals surface area contributed by atoms with Crippen LogP contribution in [0.15, 0.2) is 0 Å². The lowest BCUT2D eigenvalue weighted by Gasteiger charge is -2.27. The van der Waals surface area contributed by atoms with Gasteiger partial charge in [0.25, 0.3) is 0 Å². The van der Waals surface area contributed by atoms with E-state index >= 15 is 0 Å². The third kappa shape index (κ3) is 1.05. The van der Waals surface area contributed by atoms with E-state index in [9.17, 15) is 0 Å². The summed E-state index contributed by atoms with van der Waals surface area (Å²) in [5.41, 5.74) is 0. The summed E-state index contributed by atoms with van der Waals surface area (Å²) in [5.74, 6) is 0. The summed E-state index contributed by atoms with van der Waals surface area (Å²) in [7, 11) is 0. The molecule has 0 aliphatic carbocycles. The maximum Gasteiger partial charge on any atom is 0.155 e. The van der Waals surface area contributed by atoms with Crippen LogP contribution in [0.2, 0.25) is 0 Å². The number of aliphatic hydroxyl groups excluding tert-OH is 1. The second-order valence-corrected chi connectivity index (χ2v) is 2.90. The summed E-state index contributed by atoms with van der Waals surface area (Å²) in [6, 6.07) is 0. The van der Waals surface area contributed by atoms with Crippen LogP contribution in [0.3, 0.4) is 0 Å². The largest absolute Gasteiger partial charge is 0.375 e. The highest BCUT2D eigenvalue weighted by Crippen LogP contribution is 2.27. The summed E-state index contributed by atoms with van der Waals surface area (Å²) < 4.78 is 10.6. The summed E-state index contributed by atoms with van der Waals surface area (Å²) in [6.07, 6.45) is 2.52. The molecule has 0 aromatic carbocycles. The summed E-state index contributed by atoms with van der Waals surface area (Å²) in [6.45, 7) is 0.794. The Morgan fingerprint density at radius 3 is 2.90 bits per heavy atom. The zero-order valence-corrected chi connectivity index (χ0v) is 5.82. The highest BCUT2D eigenvalue weighted by Gasteiger charge is 2.34. The molecule has 3 nitrogen and oxygen atoms in total. The van der Waals surface area contributed by atoms with Crippen LogP contribution >= 0.6 is 0 Å². The van der Waals surface area contributed by atoms with Gasteiger partial charge in [-0.15, -0.1) is 0 Å². The van der Waals surface area contributed by atoms with Crippen LogP contribution in [-0.4, -0.2) is 30.2 Å². The molecule has 0 aromatic heterocycles. The number of hydrogen-bond donors (Lipinski definition) is 1. The molecule has 3 atom stereocenters. The fourth-order valence-corrected chi connectivity index (χ4v) is 1.63. The molecule has 2 fully saturated rings. The van der Waals surface area contributed by atoms with E-state index in [0.717, 1.165) is 25.9 Å². The molecule has 0 amide bonds. The second-order valence-electron chi connectivity index (χ2n) is 2.90. The normalized spacial score (nSPS) is 47.1. The number of fused-ring (bicyclic) bond motifs is 1. The third-order valence-electron chi connectivity index (χ3n) is 2.18. The number of rotatable bonds is 0. The van der Waals surface area contributed by atoms with E-state index in [2.05, 4.69) is 0 Å². The molecule has 0 saturated carbocycles. The molecule has 10 heavy (non-hydrogen) atoms. The molecule has 58 valence electrons. The average molecular weight is 144 g/mol. The van der Waals surface area contributed by atoms with Crippen molar-refractivity contribution in [3.63, 3.8) is 0 Å². The van der Waals surface area contributed by atoms with Gasteiger partial charge in [-0.1, -0.05) is 0 Å². The first-order valence-corrected chi connectivity index (χ1v) is 3.81. The zero-order chi connectivity index (χ0) is 6.97. The van der Waals surface area contributed by atoms with Crippen LogP contribution in [0.4, 0.5) is 0 Å². The van der Waals surface area contributed by atoms with Crippen molar-refractivity contribution >= 4 is 0 Å². The molecule has 3 unspecified atom stereocenters. The Hall–Kier alpha value is -0.120. The maximum atomic E-state index is 9.08. The van der Waals surface area contributed by atoms with Crippen molar-refractivity contribution in [3.05, 3.63) is 0 Å². The van der Waals surface area contributed by atoms with E-state index in [1.54, 1.807) is 0 Å². The van der Waals surface area contributed by atoms with Crippen LogP contribution in [0, 0.1) is 0 Å². The van der Waals surface area contributed by atoms with E-state index in [4.69, 9.17) is 14.6 Å². The van der Waals surface area contributed by atoms with E-state index in [1.165, 1.54) is 0 Å². The number of ether oxygens (including phenoxy) is 2. The fourth-order valence-electron chi connectivity index (χ4n) is 1.63. The van der Waals surface area contributed by atoms with Gasteiger partial charge in [0.15, 0.2) is 6.29 Å². The maximum absolute atomic E-state index is 9.08. The molecule has 2 heterocycles. The Bertz CT molecular complexity index is 126. The molecule has 0 radical (unpaired) electrons. The van der Waals surface area contributed by atoms with E-state index in [0.29, 0.717) is 0 Å². The summed E-state index contributed by atoms with van der Waals surface area (Å²) in [5, 5.41) is 9.08. The van der Waals surface area contributed by atoms with Gasteiger partial charge in [0, 0.05) is 13.0 Å². The standard InChI is InChI=1S/C7H12O3/c8-7-2-1-5-6(10-7)3-4-9-5/h5-8H,1-4H2. The van der Waals surface area contributed by atoms with Gasteiger partial charge in [0.05, 0.1) is 12.2 Å². The van der Waals surface area contributed by atoms with Crippen LogP contribution in [0.25, 0.3) is 0 Å². The Labute approximate surface area is 59.9 Å². The van der Waals surface area contributed by atoms with Gasteiger partial charge in [-0.3, -0.25) is 0 Å². The average Bonchev–Trinajstić information content (AvgIpc) is 2.33. The van der Waals surface area contributed by atoms with Gasteiger partial charge in [-0.25, -0.2) is 0 Å². The smallest absolute Gasteiger partial charge is 0.155 e. The van der Waals surface area contributed by atoms with Gasteiger partial charge < -0.3 is 14.6 Å². The predicted octanol–water partition coefficient (Wildman–Crippen LogP) is 0.273. The van der Waals surface area contributed by atoms with Crippen LogP contribution < -0.4 is 0 Å². The van der Waals surface area contributed by atoms with Crippen molar-refractivity contribution in [2.75, 3.05) is 6.61 Å². The predicted molar refractivity (Wildman–Crippen MR) is 34.5 cm³/mol. The van der Waals surface area contributed by atoms with Crippen LogP contribution in [0.1, 0.15) is 19.3 Å². The van der Waals surface area contributed by atoms with E-state index in [1.807, 2.05) is 0 Å². The Balaban J connectivity index is 1.96. The van der Waals surface area contributed by atoms with Crippen LogP contribution in [-0.2, 0) is 9.47 Å². The second kappa shape index (κ2) is 2.49. The molecule has 0 spiro atoms. The summed E-state index contributed by atoms with van der Waals surface area (Å²) in [4.78, 5) is 0. The Kier molecular flexibility index (Phi) is 1.64. The quantitative estimate of drug-likeness (QED) is 0.530. The Morgan fingerprint density at radius 1 is 1.10 bits per heavy atom. The minimum absolute atomic E-state index is 0.170. The zero-order valence-electron chi connectivity index (χ0n) is 5.82. The van der Waals surface area contributed by atoms with Crippen molar-refractivity contribution < 1.29 is 14.6 Å². The molecule has 2 aliphatic rings. The lowest BCUT2D eigenvalue weighted by Crippen LogP contribution is -2.35. The first-order valence-electron chi connectivity index (χ1n) is 3.81. The number of aliphatic hydroxyl groups is 1. The molecule has 3 heteroatoms. The highest BCUT2D eigenvalue weighted by molar-refractivity contribution is 4.80. The van der Waals surface area contributed by atoms with Crippen molar-refractivity contribution in [3.8, 4) is 0 Å². The monoisotopic (exact) mass is 144 g/mol. The lowest BCUT2D eigenvalue weighted by atomic mass is 10.1. The molecule has 0 bridgehead atoms. The van der Waals surface area contributed by atoms with Gasteiger partial charge in [-0.2, -0.15) is 0 Å². The topological polar surface area (TPSA) is 38.7 Å². The van der Waals surface area contributed by atoms with E-state index < -0.39 is 6.29 Å². The molecule has 2 aliphatic heterocycles. The third-order valence-corrected chi connectivity index (χ3v) is 2.18. The highest BCUT2D eigenvalue weighted by atomic mass is 16.6. The van der Waals surface area contributed by atoms with Crippen molar-refractivity contribution in [2.45, 2.75) is 37.8 Å². The van der Waals surface area contributed by atoms with Crippen molar-refractivity contribution in [2.24, 2.45) is 0 Å². The SMILES string of the molecule is OC1CCC2OCCC2O1. The molecule has 0 aromatic rings. The molecule has 2 rings (SSSR count). The molecule has 1 N–H and O–H groups in total. The summed E-state index contributed by atoms with van der Waals surface area (Å²) >= 11 is 0. The minimum atomic E-state index is -0.539. The minimum Gasteiger partial charge on any atom is -0.375 e. The van der Waals surface area contributed by atoms with Gasteiger partial charge in [-0.05, 0) is 12.8 Å². The van der Waals surface area contributed by atoms with Crippen LogP contribution in [0.5, 0.6) is 0 Å². The molecular weight excluding hydrogens is 132 g/mol. The van der Waals surface area contributed by atoms with E-state index in [-0.39, 0.29) is 12.2 Å². The first kappa shape index (κ1) is 6.58. The molecule has 2 saturated heterocycles. The van der Waals surface area contributed by atoms with Gasteiger partial charge >= 0.3 is 0 Å². The lowest BCUT2D eigenvalue weighted by molar-refractivity contribution is -0.182. The van der Waals surface area contributed by atoms with Crippen molar-refractivity contribution in [1.29, 1.82) is 0 Å².